The molecule has 6 aromatic carbocycles. The van der Waals surface area contributed by atoms with E-state index in [0.717, 1.165) is 22.3 Å². The van der Waals surface area contributed by atoms with Crippen molar-refractivity contribution < 1.29 is 0 Å². The summed E-state index contributed by atoms with van der Waals surface area (Å²) in [5.74, 6) is 0. The van der Waals surface area contributed by atoms with Crippen molar-refractivity contribution in [2.24, 2.45) is 0 Å². The Morgan fingerprint density at radius 3 is 2.12 bits per heavy atom. The number of hydrogen-bond donors (Lipinski definition) is 0. The lowest BCUT2D eigenvalue weighted by Crippen LogP contribution is -1.94. The Hall–Kier alpha value is -5.25. The van der Waals surface area contributed by atoms with Crippen LogP contribution in [0.25, 0.3) is 80.8 Å². The third-order valence-corrected chi connectivity index (χ3v) is 9.57. The molecular formula is C39H24N2S. The highest BCUT2D eigenvalue weighted by Crippen LogP contribution is 2.41. The second-order valence-electron chi connectivity index (χ2n) is 10.8. The predicted octanol–water partition coefficient (Wildman–Crippen LogP) is 11.0. The first-order valence-corrected chi connectivity index (χ1v) is 15.0. The Kier molecular flexibility index (Phi) is 5.10. The van der Waals surface area contributed by atoms with Crippen molar-refractivity contribution in [3.8, 4) is 27.9 Å². The minimum Gasteiger partial charge on any atom is -0.308 e. The highest BCUT2D eigenvalue weighted by molar-refractivity contribution is 7.25. The summed E-state index contributed by atoms with van der Waals surface area (Å²) < 4.78 is 5.00. The van der Waals surface area contributed by atoms with Crippen molar-refractivity contribution in [1.82, 2.24) is 9.55 Å². The Balaban J connectivity index is 1.30. The monoisotopic (exact) mass is 552 g/mol. The third-order valence-electron chi connectivity index (χ3n) is 8.43. The Labute approximate surface area is 246 Å². The molecule has 0 N–H and O–H groups in total. The molecule has 0 atom stereocenters. The van der Waals surface area contributed by atoms with Crippen molar-refractivity contribution in [3.05, 3.63) is 146 Å². The van der Waals surface area contributed by atoms with E-state index in [1.54, 1.807) is 0 Å². The van der Waals surface area contributed by atoms with E-state index in [0.29, 0.717) is 0 Å². The lowest BCUT2D eigenvalue weighted by atomic mass is 9.98. The number of hydrogen-bond acceptors (Lipinski definition) is 2. The number of fused-ring (bicyclic) bond motifs is 7. The van der Waals surface area contributed by atoms with Crippen LogP contribution in [0.5, 0.6) is 0 Å². The number of benzene rings is 6. The molecule has 42 heavy (non-hydrogen) atoms. The molecule has 9 rings (SSSR count). The standard InChI is InChI=1S/C39H24N2S/c1-2-9-25(10-3-1)28-21-36-39(40-24-28)34-22-33-32-14-6-7-16-37(32)42-38(33)23-35(34)41(36)29-19-17-27(18-20-29)31-15-8-12-26-11-4-5-13-30(26)31/h1-24H. The molecule has 2 nitrogen and oxygen atoms in total. The van der Waals surface area contributed by atoms with Crippen LogP contribution in [0.3, 0.4) is 0 Å². The van der Waals surface area contributed by atoms with Crippen LogP contribution in [0.4, 0.5) is 0 Å². The highest BCUT2D eigenvalue weighted by atomic mass is 32.1. The molecule has 0 bridgehead atoms. The van der Waals surface area contributed by atoms with E-state index in [-0.39, 0.29) is 0 Å². The van der Waals surface area contributed by atoms with E-state index in [2.05, 4.69) is 144 Å². The van der Waals surface area contributed by atoms with Crippen LogP contribution in [0.15, 0.2) is 146 Å². The van der Waals surface area contributed by atoms with E-state index < -0.39 is 0 Å². The molecule has 0 radical (unpaired) electrons. The fourth-order valence-corrected chi connectivity index (χ4v) is 7.55. The molecule has 0 amide bonds. The summed E-state index contributed by atoms with van der Waals surface area (Å²) in [6.45, 7) is 0. The van der Waals surface area contributed by atoms with Crippen molar-refractivity contribution >= 4 is 64.2 Å². The molecule has 0 saturated heterocycles. The molecule has 0 saturated carbocycles. The molecule has 0 unspecified atom stereocenters. The van der Waals surface area contributed by atoms with Crippen molar-refractivity contribution in [2.45, 2.75) is 0 Å². The van der Waals surface area contributed by atoms with Gasteiger partial charge in [0.1, 0.15) is 0 Å². The average Bonchev–Trinajstić information content (AvgIpc) is 3.58. The number of pyridine rings is 1. The molecule has 196 valence electrons. The Morgan fingerprint density at radius 2 is 1.24 bits per heavy atom. The van der Waals surface area contributed by atoms with Crippen LogP contribution < -0.4 is 0 Å². The summed E-state index contributed by atoms with van der Waals surface area (Å²) in [6, 6.07) is 50.4. The molecule has 0 aliphatic carbocycles. The van der Waals surface area contributed by atoms with Gasteiger partial charge in [0, 0.05) is 43.0 Å². The lowest BCUT2D eigenvalue weighted by molar-refractivity contribution is 1.18. The molecule has 0 aliphatic heterocycles. The van der Waals surface area contributed by atoms with Gasteiger partial charge in [0.25, 0.3) is 0 Å². The lowest BCUT2D eigenvalue weighted by Gasteiger charge is -2.11. The van der Waals surface area contributed by atoms with Crippen LogP contribution in [-0.4, -0.2) is 9.55 Å². The zero-order chi connectivity index (χ0) is 27.6. The smallest absolute Gasteiger partial charge is 0.0964 e. The van der Waals surface area contributed by atoms with Gasteiger partial charge in [-0.3, -0.25) is 4.98 Å². The average molecular weight is 553 g/mol. The minimum atomic E-state index is 1.03. The minimum absolute atomic E-state index is 1.03. The maximum atomic E-state index is 5.08. The number of aromatic nitrogens is 2. The first kappa shape index (κ1) is 23.5. The molecular weight excluding hydrogens is 529 g/mol. The molecule has 9 aromatic rings. The van der Waals surface area contributed by atoms with Crippen molar-refractivity contribution in [2.75, 3.05) is 0 Å². The number of nitrogens with zero attached hydrogens (tertiary/aromatic N) is 2. The molecule has 3 heteroatoms. The van der Waals surface area contributed by atoms with Gasteiger partial charge in [-0.1, -0.05) is 103 Å². The summed E-state index contributed by atoms with van der Waals surface area (Å²) in [5.41, 5.74) is 9.21. The van der Waals surface area contributed by atoms with E-state index in [4.69, 9.17) is 4.98 Å². The SMILES string of the molecule is c1ccc(-c2cnc3c4cc5c(cc4n(-c4ccc(-c6cccc7ccccc67)cc4)c3c2)sc2ccccc25)cc1. The largest absolute Gasteiger partial charge is 0.308 e. The van der Waals surface area contributed by atoms with E-state index >= 15 is 0 Å². The number of rotatable bonds is 3. The van der Waals surface area contributed by atoms with E-state index in [1.165, 1.54) is 58.5 Å². The van der Waals surface area contributed by atoms with Gasteiger partial charge in [-0.05, 0) is 63.9 Å². The van der Waals surface area contributed by atoms with Crippen LogP contribution >= 0.6 is 11.3 Å². The van der Waals surface area contributed by atoms with Crippen LogP contribution in [0.1, 0.15) is 0 Å². The quantitative estimate of drug-likeness (QED) is 0.213. The second kappa shape index (κ2) is 9.13. The Morgan fingerprint density at radius 1 is 0.476 bits per heavy atom. The normalized spacial score (nSPS) is 11.8. The molecule has 0 aliphatic rings. The van der Waals surface area contributed by atoms with Gasteiger partial charge in [-0.25, -0.2) is 0 Å². The summed E-state index contributed by atoms with van der Waals surface area (Å²) in [5, 5.41) is 6.31. The highest BCUT2D eigenvalue weighted by Gasteiger charge is 2.18. The summed E-state index contributed by atoms with van der Waals surface area (Å²) in [6.07, 6.45) is 2.01. The topological polar surface area (TPSA) is 17.8 Å². The maximum absolute atomic E-state index is 5.08. The third kappa shape index (κ3) is 3.54. The maximum Gasteiger partial charge on any atom is 0.0964 e. The first-order valence-electron chi connectivity index (χ1n) is 14.2. The first-order chi connectivity index (χ1) is 20.8. The van der Waals surface area contributed by atoms with Gasteiger partial charge in [-0.15, -0.1) is 11.3 Å². The van der Waals surface area contributed by atoms with Gasteiger partial charge in [0.2, 0.25) is 0 Å². The summed E-state index contributed by atoms with van der Waals surface area (Å²) in [4.78, 5) is 5.08. The molecule has 0 fully saturated rings. The van der Waals surface area contributed by atoms with Crippen molar-refractivity contribution in [1.29, 1.82) is 0 Å². The Bertz CT molecular complexity index is 2440. The second-order valence-corrected chi connectivity index (χ2v) is 11.9. The van der Waals surface area contributed by atoms with Gasteiger partial charge >= 0.3 is 0 Å². The fourth-order valence-electron chi connectivity index (χ4n) is 6.43. The zero-order valence-corrected chi connectivity index (χ0v) is 23.5. The van der Waals surface area contributed by atoms with Gasteiger partial charge < -0.3 is 4.57 Å². The zero-order valence-electron chi connectivity index (χ0n) is 22.7. The van der Waals surface area contributed by atoms with Gasteiger partial charge in [0.15, 0.2) is 0 Å². The summed E-state index contributed by atoms with van der Waals surface area (Å²) >= 11 is 1.86. The van der Waals surface area contributed by atoms with Crippen molar-refractivity contribution in [3.63, 3.8) is 0 Å². The summed E-state index contributed by atoms with van der Waals surface area (Å²) in [7, 11) is 0. The van der Waals surface area contributed by atoms with E-state index in [1.807, 2.05) is 17.5 Å². The van der Waals surface area contributed by atoms with E-state index in [9.17, 15) is 0 Å². The van der Waals surface area contributed by atoms with Gasteiger partial charge in [-0.2, -0.15) is 0 Å². The van der Waals surface area contributed by atoms with Gasteiger partial charge in [0.05, 0.1) is 16.6 Å². The predicted molar refractivity (Wildman–Crippen MR) is 180 cm³/mol. The van der Waals surface area contributed by atoms with Crippen LogP contribution in [0, 0.1) is 0 Å². The number of thiophene rings is 1. The molecule has 3 heterocycles. The molecule has 0 spiro atoms. The molecule has 3 aromatic heterocycles. The van der Waals surface area contributed by atoms with Crippen LogP contribution in [0.2, 0.25) is 0 Å². The fraction of sp³-hybridized carbons (Fsp3) is 0. The van der Waals surface area contributed by atoms with Crippen LogP contribution in [-0.2, 0) is 0 Å².